The summed E-state index contributed by atoms with van der Waals surface area (Å²) in [4.78, 5) is 34.8. The van der Waals surface area contributed by atoms with E-state index >= 15 is 0 Å². The number of hydrogen-bond donors (Lipinski definition) is 1. The van der Waals surface area contributed by atoms with Crippen LogP contribution in [-0.4, -0.2) is 30.0 Å². The lowest BCUT2D eigenvalue weighted by Gasteiger charge is -2.14. The molecule has 0 saturated heterocycles. The molecule has 0 aliphatic heterocycles. The molecule has 27 heavy (non-hydrogen) atoms. The summed E-state index contributed by atoms with van der Waals surface area (Å²) in [5.41, 5.74) is -0.0253. The first-order valence-electron chi connectivity index (χ1n) is 7.70. The highest BCUT2D eigenvalue weighted by Gasteiger charge is 2.23. The molecule has 0 unspecified atom stereocenters. The third-order valence-corrected chi connectivity index (χ3v) is 3.54. The van der Waals surface area contributed by atoms with Crippen LogP contribution in [0.25, 0.3) is 0 Å². The van der Waals surface area contributed by atoms with E-state index in [9.17, 15) is 19.7 Å². The minimum atomic E-state index is -1.22. The zero-order valence-electron chi connectivity index (χ0n) is 14.5. The number of carbonyl (C=O) groups excluding carboxylic acids is 2. The zero-order valence-corrected chi connectivity index (χ0v) is 14.5. The fourth-order valence-corrected chi connectivity index (χ4v) is 2.13. The third kappa shape index (κ3) is 4.79. The van der Waals surface area contributed by atoms with Crippen molar-refractivity contribution in [2.45, 2.75) is 13.0 Å². The van der Waals surface area contributed by atoms with E-state index in [2.05, 4.69) is 5.32 Å². The summed E-state index contributed by atoms with van der Waals surface area (Å²) < 4.78 is 9.98. The summed E-state index contributed by atoms with van der Waals surface area (Å²) in [6.07, 6.45) is -1.22. The Balaban J connectivity index is 2.11. The van der Waals surface area contributed by atoms with Crippen molar-refractivity contribution in [1.29, 1.82) is 5.26 Å². The van der Waals surface area contributed by atoms with Crippen molar-refractivity contribution in [1.82, 2.24) is 0 Å². The average Bonchev–Trinajstić information content (AvgIpc) is 2.67. The predicted molar refractivity (Wildman–Crippen MR) is 94.3 cm³/mol. The summed E-state index contributed by atoms with van der Waals surface area (Å²) in [6, 6.07) is 11.7. The Hall–Kier alpha value is -3.93. The van der Waals surface area contributed by atoms with Gasteiger partial charge in [0.25, 0.3) is 11.6 Å². The lowest BCUT2D eigenvalue weighted by atomic mass is 10.1. The monoisotopic (exact) mass is 369 g/mol. The van der Waals surface area contributed by atoms with Crippen LogP contribution in [0, 0.1) is 21.4 Å². The van der Waals surface area contributed by atoms with Gasteiger partial charge in [-0.3, -0.25) is 14.9 Å². The third-order valence-electron chi connectivity index (χ3n) is 3.54. The number of nitriles is 1. The number of carbonyl (C=O) groups is 2. The number of rotatable bonds is 6. The molecule has 1 N–H and O–H groups in total. The molecule has 0 fully saturated rings. The summed E-state index contributed by atoms with van der Waals surface area (Å²) in [5.74, 6) is -1.27. The normalized spacial score (nSPS) is 11.0. The number of anilines is 1. The van der Waals surface area contributed by atoms with Crippen LogP contribution < -0.4 is 10.1 Å². The Morgan fingerprint density at radius 3 is 2.63 bits per heavy atom. The van der Waals surface area contributed by atoms with Gasteiger partial charge in [-0.25, -0.2) is 4.79 Å². The highest BCUT2D eigenvalue weighted by Crippen LogP contribution is 2.29. The van der Waals surface area contributed by atoms with Gasteiger partial charge in [0.05, 0.1) is 35.3 Å². The first-order chi connectivity index (χ1) is 12.8. The van der Waals surface area contributed by atoms with Crippen LogP contribution in [0.15, 0.2) is 42.5 Å². The van der Waals surface area contributed by atoms with Crippen molar-refractivity contribution in [2.75, 3.05) is 12.4 Å². The Labute approximate surface area is 154 Å². The van der Waals surface area contributed by atoms with E-state index in [0.29, 0.717) is 0 Å². The van der Waals surface area contributed by atoms with E-state index in [4.69, 9.17) is 14.7 Å². The van der Waals surface area contributed by atoms with Crippen molar-refractivity contribution >= 4 is 23.3 Å². The molecule has 0 bridgehead atoms. The Morgan fingerprint density at radius 1 is 1.26 bits per heavy atom. The Bertz CT molecular complexity index is 935. The standard InChI is InChI=1S/C18H15N3O6/c1-11(27-18(23)13-5-3-4-12(8-13)10-19)17(22)20-15-7-6-14(26-2)9-16(15)21(24)25/h3-9,11H,1-2H3,(H,20,22)/t11-/m1/s1. The number of benzene rings is 2. The molecule has 1 atom stereocenters. The van der Waals surface area contributed by atoms with Gasteiger partial charge < -0.3 is 14.8 Å². The second kappa shape index (κ2) is 8.44. The van der Waals surface area contributed by atoms with Gasteiger partial charge in [-0.15, -0.1) is 0 Å². The highest BCUT2D eigenvalue weighted by atomic mass is 16.6. The van der Waals surface area contributed by atoms with Gasteiger partial charge in [0.15, 0.2) is 6.10 Å². The molecule has 138 valence electrons. The van der Waals surface area contributed by atoms with Gasteiger partial charge in [-0.05, 0) is 37.3 Å². The smallest absolute Gasteiger partial charge is 0.338 e. The number of nitro benzene ring substituents is 1. The molecule has 0 aliphatic carbocycles. The average molecular weight is 369 g/mol. The van der Waals surface area contributed by atoms with Crippen LogP contribution in [-0.2, 0) is 9.53 Å². The SMILES string of the molecule is COc1ccc(NC(=O)[C@@H](C)OC(=O)c2cccc(C#N)c2)c([N+](=O)[O-])c1. The predicted octanol–water partition coefficient (Wildman–Crippen LogP) is 2.66. The molecule has 0 spiro atoms. The summed E-state index contributed by atoms with van der Waals surface area (Å²) in [5, 5.41) is 22.4. The highest BCUT2D eigenvalue weighted by molar-refractivity contribution is 5.98. The van der Waals surface area contributed by atoms with Crippen molar-refractivity contribution in [3.63, 3.8) is 0 Å². The van der Waals surface area contributed by atoms with Crippen LogP contribution in [0.2, 0.25) is 0 Å². The van der Waals surface area contributed by atoms with E-state index in [1.54, 1.807) is 0 Å². The first-order valence-corrected chi connectivity index (χ1v) is 7.70. The largest absolute Gasteiger partial charge is 0.496 e. The van der Waals surface area contributed by atoms with Gasteiger partial charge in [-0.1, -0.05) is 6.07 Å². The number of hydrogen-bond acceptors (Lipinski definition) is 7. The molecule has 9 nitrogen and oxygen atoms in total. The molecule has 0 radical (unpaired) electrons. The van der Waals surface area contributed by atoms with E-state index in [0.717, 1.165) is 0 Å². The fourth-order valence-electron chi connectivity index (χ4n) is 2.13. The van der Waals surface area contributed by atoms with Gasteiger partial charge in [0, 0.05) is 0 Å². The van der Waals surface area contributed by atoms with Crippen molar-refractivity contribution in [2.24, 2.45) is 0 Å². The number of amides is 1. The summed E-state index contributed by atoms with van der Waals surface area (Å²) in [6.45, 7) is 1.33. The number of nitrogens with zero attached hydrogens (tertiary/aromatic N) is 2. The molecular weight excluding hydrogens is 354 g/mol. The molecule has 0 aliphatic rings. The molecule has 2 aromatic rings. The number of methoxy groups -OCH3 is 1. The maximum absolute atomic E-state index is 12.2. The molecule has 0 aromatic heterocycles. The van der Waals surface area contributed by atoms with Crippen LogP contribution in [0.1, 0.15) is 22.8 Å². The number of ether oxygens (including phenoxy) is 2. The van der Waals surface area contributed by atoms with E-state index in [1.165, 1.54) is 56.5 Å². The van der Waals surface area contributed by atoms with Crippen molar-refractivity contribution < 1.29 is 24.0 Å². The molecule has 9 heteroatoms. The minimum Gasteiger partial charge on any atom is -0.496 e. The summed E-state index contributed by atoms with van der Waals surface area (Å²) in [7, 11) is 1.36. The van der Waals surface area contributed by atoms with E-state index in [-0.39, 0.29) is 28.3 Å². The van der Waals surface area contributed by atoms with E-state index in [1.807, 2.05) is 6.07 Å². The number of nitrogens with one attached hydrogen (secondary N) is 1. The zero-order chi connectivity index (χ0) is 20.0. The fraction of sp³-hybridized carbons (Fsp3) is 0.167. The number of esters is 1. The van der Waals surface area contributed by atoms with Gasteiger partial charge in [0.1, 0.15) is 11.4 Å². The first kappa shape index (κ1) is 19.4. The van der Waals surface area contributed by atoms with Gasteiger partial charge in [-0.2, -0.15) is 5.26 Å². The lowest BCUT2D eigenvalue weighted by Crippen LogP contribution is -2.30. The molecule has 1 amide bonds. The molecule has 0 saturated carbocycles. The van der Waals surface area contributed by atoms with Crippen molar-refractivity contribution in [3.05, 3.63) is 63.7 Å². The van der Waals surface area contributed by atoms with Crippen molar-refractivity contribution in [3.8, 4) is 11.8 Å². The van der Waals surface area contributed by atoms with Gasteiger partial charge >= 0.3 is 5.97 Å². The maximum atomic E-state index is 12.2. The molecule has 2 aromatic carbocycles. The quantitative estimate of drug-likeness (QED) is 0.470. The molecule has 2 rings (SSSR count). The van der Waals surface area contributed by atoms with Crippen LogP contribution in [0.3, 0.4) is 0 Å². The Morgan fingerprint density at radius 2 is 2.00 bits per heavy atom. The van der Waals surface area contributed by atoms with Crippen LogP contribution in [0.4, 0.5) is 11.4 Å². The van der Waals surface area contributed by atoms with E-state index < -0.39 is 22.9 Å². The number of nitro groups is 1. The molecule has 0 heterocycles. The molecular formula is C18H15N3O6. The lowest BCUT2D eigenvalue weighted by molar-refractivity contribution is -0.384. The second-order valence-corrected chi connectivity index (χ2v) is 5.37. The minimum absolute atomic E-state index is 0.0554. The Kier molecular flexibility index (Phi) is 6.06. The van der Waals surface area contributed by atoms with Crippen LogP contribution >= 0.6 is 0 Å². The van der Waals surface area contributed by atoms with Crippen LogP contribution in [0.5, 0.6) is 5.75 Å². The van der Waals surface area contributed by atoms with Gasteiger partial charge in [0.2, 0.25) is 0 Å². The topological polar surface area (TPSA) is 132 Å². The maximum Gasteiger partial charge on any atom is 0.338 e. The second-order valence-electron chi connectivity index (χ2n) is 5.37. The summed E-state index contributed by atoms with van der Waals surface area (Å²) >= 11 is 0.